The highest BCUT2D eigenvalue weighted by Crippen LogP contribution is 2.22. The molecule has 7 nitrogen and oxygen atoms in total. The summed E-state index contributed by atoms with van der Waals surface area (Å²) in [5.41, 5.74) is 2.71. The molecule has 0 unspecified atom stereocenters. The summed E-state index contributed by atoms with van der Waals surface area (Å²) in [7, 11) is -1.48. The van der Waals surface area contributed by atoms with Crippen molar-refractivity contribution in [3.63, 3.8) is 0 Å². The molecule has 0 radical (unpaired) electrons. The van der Waals surface area contributed by atoms with Crippen molar-refractivity contribution in [2.75, 3.05) is 48.2 Å². The van der Waals surface area contributed by atoms with E-state index in [2.05, 4.69) is 26.9 Å². The van der Waals surface area contributed by atoms with Crippen molar-refractivity contribution in [3.05, 3.63) is 71.6 Å². The smallest absolute Gasteiger partial charge is 0.271 e. The molecule has 1 saturated heterocycles. The molecule has 1 aliphatic rings. The van der Waals surface area contributed by atoms with Gasteiger partial charge in [0.15, 0.2) is 0 Å². The first-order chi connectivity index (χ1) is 14.9. The highest BCUT2D eigenvalue weighted by Gasteiger charge is 2.16. The Labute approximate surface area is 186 Å². The number of rotatable bonds is 6. The minimum atomic E-state index is -3.61. The van der Waals surface area contributed by atoms with Crippen LogP contribution in [0.3, 0.4) is 0 Å². The first-order valence-electron chi connectivity index (χ1n) is 9.92. The van der Waals surface area contributed by atoms with E-state index in [4.69, 9.17) is 0 Å². The van der Waals surface area contributed by atoms with Crippen LogP contribution >= 0.6 is 11.3 Å². The summed E-state index contributed by atoms with van der Waals surface area (Å²) < 4.78 is 27.4. The van der Waals surface area contributed by atoms with Gasteiger partial charge in [-0.25, -0.2) is 8.42 Å². The molecule has 3 aromatic rings. The highest BCUT2D eigenvalue weighted by atomic mass is 32.2. The molecule has 4 rings (SSSR count). The second-order valence-electron chi connectivity index (χ2n) is 7.41. The first-order valence-corrected chi connectivity index (χ1v) is 12.3. The monoisotopic (exact) mass is 456 g/mol. The summed E-state index contributed by atoms with van der Waals surface area (Å²) in [5.74, 6) is -0.250. The highest BCUT2D eigenvalue weighted by molar-refractivity contribution is 7.94. The van der Waals surface area contributed by atoms with E-state index in [1.165, 1.54) is 0 Å². The number of likely N-dealkylation sites (N-methyl/N-ethyl adjacent to an activating group) is 1. The van der Waals surface area contributed by atoms with Crippen molar-refractivity contribution >= 4 is 44.3 Å². The SMILES string of the molecule is CN1CCN(c2ccc(NC(=O)c3ccc(NS(=O)(=O)c4cccs4)cc3)cc2)CC1. The zero-order valence-electron chi connectivity index (χ0n) is 17.1. The maximum absolute atomic E-state index is 12.6. The van der Waals surface area contributed by atoms with Crippen molar-refractivity contribution in [1.29, 1.82) is 0 Å². The molecule has 1 fully saturated rings. The fraction of sp³-hybridized carbons (Fsp3) is 0.227. The number of benzene rings is 2. The number of nitrogens with one attached hydrogen (secondary N) is 2. The topological polar surface area (TPSA) is 81.8 Å². The Bertz CT molecular complexity index is 1120. The van der Waals surface area contributed by atoms with Gasteiger partial charge in [0.2, 0.25) is 0 Å². The van der Waals surface area contributed by atoms with Gasteiger partial charge in [0, 0.05) is 48.8 Å². The third-order valence-electron chi connectivity index (χ3n) is 5.15. The zero-order valence-corrected chi connectivity index (χ0v) is 18.7. The fourth-order valence-electron chi connectivity index (χ4n) is 3.33. The second kappa shape index (κ2) is 9.09. The number of nitrogens with zero attached hydrogens (tertiary/aromatic N) is 2. The summed E-state index contributed by atoms with van der Waals surface area (Å²) in [6.45, 7) is 4.06. The van der Waals surface area contributed by atoms with E-state index in [9.17, 15) is 13.2 Å². The summed E-state index contributed by atoms with van der Waals surface area (Å²) in [4.78, 5) is 17.2. The van der Waals surface area contributed by atoms with Gasteiger partial charge in [-0.15, -0.1) is 11.3 Å². The molecule has 0 bridgehead atoms. The van der Waals surface area contributed by atoms with Gasteiger partial charge in [-0.2, -0.15) is 0 Å². The number of carbonyl (C=O) groups is 1. The molecule has 9 heteroatoms. The predicted octanol–water partition coefficient (Wildman–Crippen LogP) is 3.55. The molecule has 1 aliphatic heterocycles. The molecule has 162 valence electrons. The zero-order chi connectivity index (χ0) is 21.8. The van der Waals surface area contributed by atoms with Crippen molar-refractivity contribution in [2.45, 2.75) is 4.21 Å². The standard InChI is InChI=1S/C22H24N4O3S2/c1-25-12-14-26(15-13-25)20-10-8-18(9-11-20)23-22(27)17-4-6-19(7-5-17)24-31(28,29)21-3-2-16-30-21/h2-11,16,24H,12-15H2,1H3,(H,23,27). The van der Waals surface area contributed by atoms with Crippen molar-refractivity contribution in [1.82, 2.24) is 4.90 Å². The van der Waals surface area contributed by atoms with Gasteiger partial charge in [-0.1, -0.05) is 6.07 Å². The molecule has 1 aromatic heterocycles. The third kappa shape index (κ3) is 5.25. The number of anilines is 3. The Hall–Kier alpha value is -2.88. The molecule has 2 N–H and O–H groups in total. The van der Waals surface area contributed by atoms with E-state index in [1.54, 1.807) is 41.8 Å². The lowest BCUT2D eigenvalue weighted by Gasteiger charge is -2.34. The quantitative estimate of drug-likeness (QED) is 0.593. The molecular formula is C22H24N4O3S2. The van der Waals surface area contributed by atoms with Crippen LogP contribution in [0.25, 0.3) is 0 Å². The molecule has 0 spiro atoms. The van der Waals surface area contributed by atoms with E-state index in [1.807, 2.05) is 24.3 Å². The molecule has 0 aliphatic carbocycles. The Morgan fingerprint density at radius 3 is 2.16 bits per heavy atom. The van der Waals surface area contributed by atoms with Crippen molar-refractivity contribution < 1.29 is 13.2 Å². The van der Waals surface area contributed by atoms with Gasteiger partial charge in [-0.05, 0) is 67.0 Å². The van der Waals surface area contributed by atoms with Gasteiger partial charge < -0.3 is 15.1 Å². The van der Waals surface area contributed by atoms with Gasteiger partial charge in [0.25, 0.3) is 15.9 Å². The largest absolute Gasteiger partial charge is 0.369 e. The Morgan fingerprint density at radius 2 is 1.55 bits per heavy atom. The molecule has 2 aromatic carbocycles. The van der Waals surface area contributed by atoms with Gasteiger partial charge >= 0.3 is 0 Å². The lowest BCUT2D eigenvalue weighted by Crippen LogP contribution is -2.44. The lowest BCUT2D eigenvalue weighted by atomic mass is 10.2. The van der Waals surface area contributed by atoms with Crippen molar-refractivity contribution in [3.8, 4) is 0 Å². The van der Waals surface area contributed by atoms with E-state index in [0.29, 0.717) is 16.9 Å². The molecule has 0 atom stereocenters. The number of thiophene rings is 1. The number of sulfonamides is 1. The van der Waals surface area contributed by atoms with Crippen LogP contribution in [0.4, 0.5) is 17.1 Å². The molecule has 2 heterocycles. The van der Waals surface area contributed by atoms with Gasteiger partial charge in [0.05, 0.1) is 0 Å². The molecule has 0 saturated carbocycles. The Kier molecular flexibility index (Phi) is 6.26. The number of hydrogen-bond acceptors (Lipinski definition) is 6. The molecular weight excluding hydrogens is 432 g/mol. The van der Waals surface area contributed by atoms with Gasteiger partial charge in [-0.3, -0.25) is 9.52 Å². The van der Waals surface area contributed by atoms with Crippen LogP contribution in [0.5, 0.6) is 0 Å². The van der Waals surface area contributed by atoms with E-state index >= 15 is 0 Å². The summed E-state index contributed by atoms with van der Waals surface area (Å²) >= 11 is 1.15. The summed E-state index contributed by atoms with van der Waals surface area (Å²) in [6.07, 6.45) is 0. The fourth-order valence-corrected chi connectivity index (χ4v) is 5.39. The first kappa shape index (κ1) is 21.4. The minimum absolute atomic E-state index is 0.245. The third-order valence-corrected chi connectivity index (χ3v) is 7.93. The maximum atomic E-state index is 12.6. The van der Waals surface area contributed by atoms with Crippen LogP contribution in [0.15, 0.2) is 70.3 Å². The Balaban J connectivity index is 1.36. The number of piperazine rings is 1. The minimum Gasteiger partial charge on any atom is -0.369 e. The van der Waals surface area contributed by atoms with Crippen LogP contribution < -0.4 is 14.9 Å². The normalized spacial score (nSPS) is 14.9. The average molecular weight is 457 g/mol. The molecule has 1 amide bonds. The van der Waals surface area contributed by atoms with E-state index in [-0.39, 0.29) is 10.1 Å². The molecule has 31 heavy (non-hydrogen) atoms. The van der Waals surface area contributed by atoms with Crippen LogP contribution in [0.1, 0.15) is 10.4 Å². The van der Waals surface area contributed by atoms with Crippen LogP contribution in [-0.2, 0) is 10.0 Å². The summed E-state index contributed by atoms with van der Waals surface area (Å²) in [5, 5.41) is 4.59. The predicted molar refractivity (Wildman–Crippen MR) is 126 cm³/mol. The second-order valence-corrected chi connectivity index (χ2v) is 10.3. The number of amides is 1. The van der Waals surface area contributed by atoms with E-state index < -0.39 is 10.0 Å². The summed E-state index contributed by atoms with van der Waals surface area (Å²) in [6, 6.07) is 17.4. The number of carbonyl (C=O) groups excluding carboxylic acids is 1. The Morgan fingerprint density at radius 1 is 0.903 bits per heavy atom. The van der Waals surface area contributed by atoms with Crippen molar-refractivity contribution in [2.24, 2.45) is 0 Å². The van der Waals surface area contributed by atoms with E-state index in [0.717, 1.165) is 43.2 Å². The average Bonchev–Trinajstić information content (AvgIpc) is 3.31. The van der Waals surface area contributed by atoms with Crippen LogP contribution in [0, 0.1) is 0 Å². The number of hydrogen-bond donors (Lipinski definition) is 2. The van der Waals surface area contributed by atoms with Crippen LogP contribution in [0.2, 0.25) is 0 Å². The van der Waals surface area contributed by atoms with Gasteiger partial charge in [0.1, 0.15) is 4.21 Å². The maximum Gasteiger partial charge on any atom is 0.271 e. The van der Waals surface area contributed by atoms with Crippen LogP contribution in [-0.4, -0.2) is 52.5 Å². The lowest BCUT2D eigenvalue weighted by molar-refractivity contribution is 0.102.